The molecule has 0 radical (unpaired) electrons. The molecule has 0 unspecified atom stereocenters. The molecule has 3 saturated heterocycles. The fourth-order valence-corrected chi connectivity index (χ4v) is 5.49. The number of nitrogens with one attached hydrogen (secondary N) is 3. The summed E-state index contributed by atoms with van der Waals surface area (Å²) in [5.41, 5.74) is 0. The summed E-state index contributed by atoms with van der Waals surface area (Å²) in [6, 6.07) is -3.94. The van der Waals surface area contributed by atoms with E-state index in [-0.39, 0.29) is 37.5 Å². The maximum atomic E-state index is 14.9. The fourth-order valence-electron chi connectivity index (χ4n) is 5.49. The Morgan fingerprint density at radius 1 is 1.19 bits per heavy atom. The average molecular weight is 536 g/mol. The van der Waals surface area contributed by atoms with Gasteiger partial charge in [0.1, 0.15) is 18.1 Å². The normalized spacial score (nSPS) is 28.3. The molecule has 1 aliphatic carbocycles. The zero-order valence-corrected chi connectivity index (χ0v) is 20.4. The lowest BCUT2D eigenvalue weighted by Crippen LogP contribution is -2.71. The number of piperidine rings is 2. The lowest BCUT2D eigenvalue weighted by atomic mass is 9.71. The van der Waals surface area contributed by atoms with E-state index in [1.54, 1.807) is 19.2 Å². The Bertz CT molecular complexity index is 966. The van der Waals surface area contributed by atoms with Gasteiger partial charge in [-0.1, -0.05) is 13.8 Å². The fraction of sp³-hybridized carbons (Fsp3) is 0.783. The number of rotatable bonds is 8. The van der Waals surface area contributed by atoms with Crippen molar-refractivity contribution in [2.45, 2.75) is 88.6 Å². The number of hydrogen-bond donors (Lipinski definition) is 3. The minimum Gasteiger partial charge on any atom is -0.356 e. The third kappa shape index (κ3) is 6.30. The van der Waals surface area contributed by atoms with Gasteiger partial charge in [0.05, 0.1) is 12.0 Å². The van der Waals surface area contributed by atoms with Crippen molar-refractivity contribution in [1.82, 2.24) is 20.9 Å². The topological polar surface area (TPSA) is 131 Å². The number of amides is 4. The summed E-state index contributed by atoms with van der Waals surface area (Å²) < 4.78 is 68.5. The molecule has 3 N–H and O–H groups in total. The molecule has 3 aliphatic heterocycles. The summed E-state index contributed by atoms with van der Waals surface area (Å²) in [6.45, 7) is 3.62. The van der Waals surface area contributed by atoms with Gasteiger partial charge in [-0.15, -0.1) is 0 Å². The van der Waals surface area contributed by atoms with Gasteiger partial charge in [0, 0.05) is 24.9 Å². The predicted molar refractivity (Wildman–Crippen MR) is 117 cm³/mol. The number of fused-ring (bicyclic) bond motifs is 3. The third-order valence-corrected chi connectivity index (χ3v) is 7.18. The second kappa shape index (κ2) is 10.8. The van der Waals surface area contributed by atoms with E-state index in [1.165, 1.54) is 0 Å². The quantitative estimate of drug-likeness (QED) is 0.407. The number of nitrogens with zero attached hydrogens (tertiary/aromatic N) is 2. The maximum Gasteiger partial charge on any atom is 0.471 e. The molecule has 0 aromatic rings. The first kappa shape index (κ1) is 28.6. The van der Waals surface area contributed by atoms with Crippen LogP contribution >= 0.6 is 0 Å². The molecular formula is C23H30F5N5O4. The van der Waals surface area contributed by atoms with Crippen molar-refractivity contribution in [3.8, 4) is 6.07 Å². The Balaban J connectivity index is 1.87. The summed E-state index contributed by atoms with van der Waals surface area (Å²) in [6.07, 6.45) is -5.87. The van der Waals surface area contributed by atoms with Gasteiger partial charge in [-0.2, -0.15) is 18.4 Å². The molecule has 4 rings (SSSR count). The Labute approximate surface area is 210 Å². The van der Waals surface area contributed by atoms with Crippen LogP contribution in [-0.2, 0) is 19.2 Å². The molecule has 6 atom stereocenters. The van der Waals surface area contributed by atoms with E-state index in [4.69, 9.17) is 0 Å². The summed E-state index contributed by atoms with van der Waals surface area (Å²) in [4.78, 5) is 51.1. The monoisotopic (exact) mass is 535 g/mol. The van der Waals surface area contributed by atoms with Crippen LogP contribution in [0, 0.1) is 29.1 Å². The van der Waals surface area contributed by atoms with E-state index >= 15 is 0 Å². The first-order valence-electron chi connectivity index (χ1n) is 12.2. The van der Waals surface area contributed by atoms with Crippen molar-refractivity contribution in [3.63, 3.8) is 0 Å². The van der Waals surface area contributed by atoms with E-state index in [1.807, 2.05) is 6.07 Å². The minimum absolute atomic E-state index is 0.0587. The number of halogens is 5. The number of carbonyl (C=O) groups is 4. The zero-order valence-electron chi connectivity index (χ0n) is 20.4. The first-order chi connectivity index (χ1) is 17.2. The molecule has 0 spiro atoms. The number of hydrogen-bond acceptors (Lipinski definition) is 5. The van der Waals surface area contributed by atoms with E-state index in [0.717, 1.165) is 4.90 Å². The van der Waals surface area contributed by atoms with Crippen LogP contribution in [0.1, 0.15) is 52.4 Å². The van der Waals surface area contributed by atoms with Crippen LogP contribution in [0.3, 0.4) is 0 Å². The highest BCUT2D eigenvalue weighted by Crippen LogP contribution is 2.49. The van der Waals surface area contributed by atoms with Crippen LogP contribution in [0.15, 0.2) is 0 Å². The summed E-state index contributed by atoms with van der Waals surface area (Å²) in [5.74, 6) is -10.6. The highest BCUT2D eigenvalue weighted by molar-refractivity contribution is 5.94. The molecular weight excluding hydrogens is 505 g/mol. The number of nitriles is 1. The van der Waals surface area contributed by atoms with Crippen LogP contribution in [0.5, 0.6) is 0 Å². The van der Waals surface area contributed by atoms with Crippen LogP contribution in [-0.4, -0.2) is 71.3 Å². The van der Waals surface area contributed by atoms with Crippen LogP contribution in [0.25, 0.3) is 0 Å². The molecule has 2 bridgehead atoms. The second-order valence-electron chi connectivity index (χ2n) is 10.3. The highest BCUT2D eigenvalue weighted by Gasteiger charge is 2.61. The van der Waals surface area contributed by atoms with Gasteiger partial charge in [0.15, 0.2) is 0 Å². The SMILES string of the molecule is CC(C)C[C@H](NC(=O)C(F)(F)F)C(=O)N1[C@@H]2CC[C@H]([C@H]1C(=O)N[C@@H](C#N)C[C@H]1CCNC1=O)C(F)(F)C2. The molecule has 206 valence electrons. The lowest BCUT2D eigenvalue weighted by Gasteiger charge is -2.54. The van der Waals surface area contributed by atoms with Gasteiger partial charge < -0.3 is 20.9 Å². The lowest BCUT2D eigenvalue weighted by molar-refractivity contribution is -0.196. The molecule has 3 heterocycles. The highest BCUT2D eigenvalue weighted by atomic mass is 19.4. The predicted octanol–water partition coefficient (Wildman–Crippen LogP) is 1.63. The molecule has 4 aliphatic rings. The average Bonchev–Trinajstić information content (AvgIpc) is 3.19. The van der Waals surface area contributed by atoms with Gasteiger partial charge in [-0.25, -0.2) is 8.78 Å². The van der Waals surface area contributed by atoms with Gasteiger partial charge >= 0.3 is 12.1 Å². The molecule has 1 saturated carbocycles. The smallest absolute Gasteiger partial charge is 0.356 e. The standard InChI is InChI=1S/C23H30F5N5O4/c1-11(2)7-16(32-21(37)23(26,27)28)20(36)33-14-3-4-15(22(24,25)9-14)17(33)19(35)31-13(10-29)8-12-5-6-30-18(12)34/h11-17H,3-9H2,1-2H3,(H,30,34)(H,31,35)(H,32,37)/t12-,13-,14-,15-,16+,17+/m1/s1. The van der Waals surface area contributed by atoms with Gasteiger partial charge in [0.25, 0.3) is 5.92 Å². The summed E-state index contributed by atoms with van der Waals surface area (Å²) >= 11 is 0. The van der Waals surface area contributed by atoms with E-state index in [0.29, 0.717) is 13.0 Å². The molecule has 14 heteroatoms. The second-order valence-corrected chi connectivity index (χ2v) is 10.3. The Morgan fingerprint density at radius 3 is 2.38 bits per heavy atom. The Morgan fingerprint density at radius 2 is 1.86 bits per heavy atom. The molecule has 0 aromatic carbocycles. The summed E-state index contributed by atoms with van der Waals surface area (Å²) in [5, 5.41) is 16.1. The van der Waals surface area contributed by atoms with Gasteiger partial charge in [-0.05, 0) is 38.0 Å². The third-order valence-electron chi connectivity index (χ3n) is 7.18. The van der Waals surface area contributed by atoms with Crippen LogP contribution in [0.2, 0.25) is 0 Å². The van der Waals surface area contributed by atoms with Crippen molar-refractivity contribution in [1.29, 1.82) is 5.26 Å². The number of alkyl halides is 5. The van der Waals surface area contributed by atoms with Crippen molar-refractivity contribution < 1.29 is 41.1 Å². The Hall–Kier alpha value is -2.98. The maximum absolute atomic E-state index is 14.9. The van der Waals surface area contributed by atoms with Crippen molar-refractivity contribution in [2.75, 3.05) is 6.54 Å². The molecule has 9 nitrogen and oxygen atoms in total. The van der Waals surface area contributed by atoms with Crippen molar-refractivity contribution >= 4 is 23.6 Å². The van der Waals surface area contributed by atoms with E-state index in [9.17, 15) is 46.4 Å². The van der Waals surface area contributed by atoms with Crippen molar-refractivity contribution in [2.24, 2.45) is 17.8 Å². The number of carbonyl (C=O) groups excluding carboxylic acids is 4. The Kier molecular flexibility index (Phi) is 8.34. The van der Waals surface area contributed by atoms with E-state index in [2.05, 4.69) is 10.6 Å². The summed E-state index contributed by atoms with van der Waals surface area (Å²) in [7, 11) is 0. The van der Waals surface area contributed by atoms with E-state index < -0.39 is 72.2 Å². The first-order valence-corrected chi connectivity index (χ1v) is 12.2. The molecule has 0 aromatic heterocycles. The molecule has 4 fully saturated rings. The van der Waals surface area contributed by atoms with Crippen LogP contribution < -0.4 is 16.0 Å². The van der Waals surface area contributed by atoms with Gasteiger partial charge in [-0.3, -0.25) is 19.2 Å². The largest absolute Gasteiger partial charge is 0.471 e. The van der Waals surface area contributed by atoms with Gasteiger partial charge in [0.2, 0.25) is 17.7 Å². The van der Waals surface area contributed by atoms with Crippen molar-refractivity contribution in [3.05, 3.63) is 0 Å². The van der Waals surface area contributed by atoms with Crippen LogP contribution in [0.4, 0.5) is 22.0 Å². The molecule has 37 heavy (non-hydrogen) atoms. The molecule has 4 amide bonds. The minimum atomic E-state index is -5.27. The zero-order chi connectivity index (χ0) is 27.7.